The molecule has 1 N–H and O–H groups in total. The minimum atomic E-state index is -1.25. The van der Waals surface area contributed by atoms with E-state index in [0.29, 0.717) is 11.4 Å². The average Bonchev–Trinajstić information content (AvgIpc) is 2.19. The van der Waals surface area contributed by atoms with Gasteiger partial charge in [-0.15, -0.1) is 0 Å². The minimum absolute atomic E-state index is 0.532. The molecule has 1 radical (unpaired) electrons. The first-order valence-corrected chi connectivity index (χ1v) is 4.24. The predicted octanol–water partition coefficient (Wildman–Crippen LogP) is 1.45. The van der Waals surface area contributed by atoms with Crippen molar-refractivity contribution in [3.05, 3.63) is 24.3 Å². The minimum Gasteiger partial charge on any atom is -0.497 e. The Bertz CT molecular complexity index is 306. The van der Waals surface area contributed by atoms with E-state index in [9.17, 15) is 9.90 Å². The second-order valence-electron chi connectivity index (χ2n) is 2.86. The quantitative estimate of drug-likeness (QED) is 0.791. The number of anilines is 1. The summed E-state index contributed by atoms with van der Waals surface area (Å²) in [6.07, 6.45) is -1.25. The highest BCUT2D eigenvalue weighted by atomic mass is 16.5. The molecular weight excluding hydrogens is 182 g/mol. The highest BCUT2D eigenvalue weighted by molar-refractivity contribution is 5.93. The van der Waals surface area contributed by atoms with Gasteiger partial charge in [-0.3, -0.25) is 4.79 Å². The molecule has 0 spiro atoms. The van der Waals surface area contributed by atoms with Gasteiger partial charge in [0.15, 0.2) is 6.10 Å². The van der Waals surface area contributed by atoms with Crippen LogP contribution in [0.3, 0.4) is 0 Å². The van der Waals surface area contributed by atoms with Gasteiger partial charge in [-0.2, -0.15) is 0 Å². The third-order valence-electron chi connectivity index (χ3n) is 1.73. The van der Waals surface area contributed by atoms with Crippen molar-refractivity contribution >= 4 is 11.6 Å². The molecule has 0 bridgehead atoms. The average molecular weight is 194 g/mol. The largest absolute Gasteiger partial charge is 0.497 e. The summed E-state index contributed by atoms with van der Waals surface area (Å²) in [5.74, 6) is 0.174. The molecule has 0 aliphatic heterocycles. The zero-order valence-electron chi connectivity index (χ0n) is 8.11. The lowest BCUT2D eigenvalue weighted by Gasteiger charge is -2.06. The SMILES string of the molecule is COc1ccc(NC(=O)C(C)[O])cc1. The highest BCUT2D eigenvalue weighted by Crippen LogP contribution is 2.14. The van der Waals surface area contributed by atoms with E-state index in [1.165, 1.54) is 6.92 Å². The number of carbonyl (C=O) groups excluding carboxylic acids is 1. The van der Waals surface area contributed by atoms with Gasteiger partial charge in [-0.05, 0) is 31.2 Å². The Morgan fingerprint density at radius 1 is 1.36 bits per heavy atom. The van der Waals surface area contributed by atoms with Gasteiger partial charge in [0.25, 0.3) is 5.91 Å². The normalized spacial score (nSPS) is 11.9. The molecule has 0 heterocycles. The number of rotatable bonds is 3. The predicted molar refractivity (Wildman–Crippen MR) is 51.8 cm³/mol. The second kappa shape index (κ2) is 4.62. The lowest BCUT2D eigenvalue weighted by Crippen LogP contribution is -2.23. The van der Waals surface area contributed by atoms with Crippen molar-refractivity contribution in [1.29, 1.82) is 0 Å². The summed E-state index contributed by atoms with van der Waals surface area (Å²) in [4.78, 5) is 11.0. The molecule has 0 saturated carbocycles. The molecule has 1 unspecified atom stereocenters. The second-order valence-corrected chi connectivity index (χ2v) is 2.86. The molecule has 0 aliphatic rings. The third-order valence-corrected chi connectivity index (χ3v) is 1.73. The lowest BCUT2D eigenvalue weighted by atomic mass is 10.3. The van der Waals surface area contributed by atoms with Crippen molar-refractivity contribution in [2.75, 3.05) is 12.4 Å². The number of hydrogen-bond acceptors (Lipinski definition) is 2. The standard InChI is InChI=1S/C10H12NO3/c1-7(12)10(13)11-8-3-5-9(14-2)6-4-8/h3-7H,1-2H3,(H,11,13). The topological polar surface area (TPSA) is 58.2 Å². The summed E-state index contributed by atoms with van der Waals surface area (Å²) in [5.41, 5.74) is 0.596. The fraction of sp³-hybridized carbons (Fsp3) is 0.300. The smallest absolute Gasteiger partial charge is 0.256 e. The van der Waals surface area contributed by atoms with Gasteiger partial charge < -0.3 is 10.1 Å². The molecule has 1 aromatic rings. The van der Waals surface area contributed by atoms with Crippen LogP contribution < -0.4 is 10.1 Å². The third kappa shape index (κ3) is 2.74. The molecule has 75 valence electrons. The monoisotopic (exact) mass is 194 g/mol. The zero-order chi connectivity index (χ0) is 10.6. The molecule has 1 atom stereocenters. The molecule has 0 aliphatic carbocycles. The van der Waals surface area contributed by atoms with Gasteiger partial charge in [-0.25, -0.2) is 5.11 Å². The number of methoxy groups -OCH3 is 1. The maximum absolute atomic E-state index is 11.0. The zero-order valence-corrected chi connectivity index (χ0v) is 8.11. The van der Waals surface area contributed by atoms with E-state index in [0.717, 1.165) is 0 Å². The summed E-state index contributed by atoms with van der Waals surface area (Å²) >= 11 is 0. The molecule has 1 aromatic carbocycles. The van der Waals surface area contributed by atoms with Crippen molar-refractivity contribution in [1.82, 2.24) is 0 Å². The Balaban J connectivity index is 2.64. The maximum atomic E-state index is 11.0. The van der Waals surface area contributed by atoms with Gasteiger partial charge in [0.05, 0.1) is 7.11 Å². The van der Waals surface area contributed by atoms with E-state index in [2.05, 4.69) is 5.32 Å². The lowest BCUT2D eigenvalue weighted by molar-refractivity contribution is -0.126. The molecule has 14 heavy (non-hydrogen) atoms. The van der Waals surface area contributed by atoms with Crippen molar-refractivity contribution in [2.45, 2.75) is 13.0 Å². The summed E-state index contributed by atoms with van der Waals surface area (Å²) < 4.78 is 4.95. The van der Waals surface area contributed by atoms with Gasteiger partial charge in [0.2, 0.25) is 0 Å². The van der Waals surface area contributed by atoms with Crippen LogP contribution in [0.2, 0.25) is 0 Å². The number of benzene rings is 1. The first-order chi connectivity index (χ1) is 6.63. The van der Waals surface area contributed by atoms with Gasteiger partial charge in [0.1, 0.15) is 5.75 Å². The van der Waals surface area contributed by atoms with Crippen LogP contribution in [0.1, 0.15) is 6.92 Å². The summed E-state index contributed by atoms with van der Waals surface area (Å²) in [6.45, 7) is 1.30. The molecule has 1 amide bonds. The van der Waals surface area contributed by atoms with E-state index in [1.807, 2.05) is 0 Å². The Labute approximate surface area is 82.5 Å². The number of carbonyl (C=O) groups is 1. The Morgan fingerprint density at radius 2 is 1.93 bits per heavy atom. The first-order valence-electron chi connectivity index (χ1n) is 4.24. The Kier molecular flexibility index (Phi) is 3.48. The van der Waals surface area contributed by atoms with Gasteiger partial charge in [-0.1, -0.05) is 0 Å². The van der Waals surface area contributed by atoms with Crippen LogP contribution in [0.15, 0.2) is 24.3 Å². The molecule has 1 rings (SSSR count). The fourth-order valence-electron chi connectivity index (χ4n) is 0.918. The van der Waals surface area contributed by atoms with Crippen LogP contribution in [0.4, 0.5) is 5.69 Å². The van der Waals surface area contributed by atoms with Crippen LogP contribution in [0, 0.1) is 0 Å². The van der Waals surface area contributed by atoms with E-state index in [-0.39, 0.29) is 0 Å². The van der Waals surface area contributed by atoms with E-state index < -0.39 is 12.0 Å². The molecular formula is C10H12NO3. The summed E-state index contributed by atoms with van der Waals surface area (Å²) in [6, 6.07) is 6.79. The molecule has 0 saturated heterocycles. The Morgan fingerprint density at radius 3 is 2.36 bits per heavy atom. The van der Waals surface area contributed by atoms with E-state index in [4.69, 9.17) is 4.74 Å². The molecule has 4 nitrogen and oxygen atoms in total. The molecule has 4 heteroatoms. The maximum Gasteiger partial charge on any atom is 0.256 e. The van der Waals surface area contributed by atoms with Crippen molar-refractivity contribution < 1.29 is 14.6 Å². The van der Waals surface area contributed by atoms with Crippen LogP contribution in [-0.4, -0.2) is 19.1 Å². The van der Waals surface area contributed by atoms with Gasteiger partial charge >= 0.3 is 0 Å². The van der Waals surface area contributed by atoms with Gasteiger partial charge in [0, 0.05) is 5.69 Å². The first kappa shape index (κ1) is 10.5. The van der Waals surface area contributed by atoms with Crippen LogP contribution in [0.25, 0.3) is 0 Å². The fourth-order valence-corrected chi connectivity index (χ4v) is 0.918. The molecule has 0 aromatic heterocycles. The molecule has 0 fully saturated rings. The number of amides is 1. The van der Waals surface area contributed by atoms with Crippen LogP contribution >= 0.6 is 0 Å². The van der Waals surface area contributed by atoms with E-state index in [1.54, 1.807) is 31.4 Å². The summed E-state index contributed by atoms with van der Waals surface area (Å²) in [7, 11) is 1.56. The Hall–Kier alpha value is -1.55. The van der Waals surface area contributed by atoms with Crippen LogP contribution in [-0.2, 0) is 9.90 Å². The van der Waals surface area contributed by atoms with E-state index >= 15 is 0 Å². The van der Waals surface area contributed by atoms with Crippen molar-refractivity contribution in [2.24, 2.45) is 0 Å². The van der Waals surface area contributed by atoms with Crippen molar-refractivity contribution in [3.8, 4) is 5.75 Å². The number of ether oxygens (including phenoxy) is 1. The van der Waals surface area contributed by atoms with Crippen LogP contribution in [0.5, 0.6) is 5.75 Å². The highest BCUT2D eigenvalue weighted by Gasteiger charge is 2.09. The number of nitrogens with one attached hydrogen (secondary N) is 1. The van der Waals surface area contributed by atoms with Crippen molar-refractivity contribution in [3.63, 3.8) is 0 Å². The number of hydrogen-bond donors (Lipinski definition) is 1. The summed E-state index contributed by atoms with van der Waals surface area (Å²) in [5, 5.41) is 13.2.